The molecule has 0 radical (unpaired) electrons. The van der Waals surface area contributed by atoms with Gasteiger partial charge >= 0.3 is 0 Å². The van der Waals surface area contributed by atoms with Crippen molar-refractivity contribution in [3.05, 3.63) is 47.7 Å². The van der Waals surface area contributed by atoms with Gasteiger partial charge in [-0.1, -0.05) is 30.3 Å². The summed E-state index contributed by atoms with van der Waals surface area (Å²) in [5.41, 5.74) is 1.69. The molecule has 0 aliphatic carbocycles. The van der Waals surface area contributed by atoms with E-state index < -0.39 is 0 Å². The molecule has 1 aromatic carbocycles. The Bertz CT molecular complexity index is 633. The van der Waals surface area contributed by atoms with E-state index in [1.54, 1.807) is 6.20 Å². The molecule has 2 saturated heterocycles. The number of hydrogen-bond acceptors (Lipinski definition) is 3. The van der Waals surface area contributed by atoms with Crippen molar-refractivity contribution in [2.75, 3.05) is 26.2 Å². The number of benzene rings is 1. The molecule has 0 bridgehead atoms. The van der Waals surface area contributed by atoms with Crippen LogP contribution in [-0.4, -0.2) is 41.9 Å². The first-order valence-electron chi connectivity index (χ1n) is 9.45. The van der Waals surface area contributed by atoms with E-state index in [0.29, 0.717) is 11.5 Å². The molecule has 2 heterocycles. The molecule has 0 atom stereocenters. The zero-order chi connectivity index (χ0) is 17.5. The average Bonchev–Trinajstić information content (AvgIpc) is 2.68. The van der Waals surface area contributed by atoms with Crippen molar-refractivity contribution in [3.8, 4) is 6.07 Å². The Morgan fingerprint density at radius 2 is 1.76 bits per heavy atom. The minimum atomic E-state index is -0.0893. The van der Waals surface area contributed by atoms with E-state index in [-0.39, 0.29) is 5.91 Å². The minimum Gasteiger partial charge on any atom is -0.376 e. The largest absolute Gasteiger partial charge is 0.376 e. The van der Waals surface area contributed by atoms with E-state index in [4.69, 9.17) is 0 Å². The lowest BCUT2D eigenvalue weighted by Crippen LogP contribution is -2.37. The Labute approximate surface area is 150 Å². The zero-order valence-corrected chi connectivity index (χ0v) is 14.9. The molecule has 4 heteroatoms. The highest BCUT2D eigenvalue weighted by atomic mass is 16.2. The number of amides is 1. The number of carbonyl (C=O) groups excluding carboxylic acids is 1. The summed E-state index contributed by atoms with van der Waals surface area (Å²) in [6.45, 7) is 3.43. The fraction of sp³-hybridized carbons (Fsp3) is 0.524. The van der Waals surface area contributed by atoms with Gasteiger partial charge in [-0.05, 0) is 50.0 Å². The third-order valence-corrected chi connectivity index (χ3v) is 5.32. The van der Waals surface area contributed by atoms with Crippen molar-refractivity contribution < 1.29 is 4.79 Å². The van der Waals surface area contributed by atoms with Gasteiger partial charge in [0, 0.05) is 32.4 Å². The number of nitrogens with zero attached hydrogens (tertiary/aromatic N) is 3. The summed E-state index contributed by atoms with van der Waals surface area (Å²) in [4.78, 5) is 16.5. The van der Waals surface area contributed by atoms with Gasteiger partial charge in [-0.15, -0.1) is 0 Å². The maximum absolute atomic E-state index is 12.5. The fourth-order valence-electron chi connectivity index (χ4n) is 3.82. The van der Waals surface area contributed by atoms with E-state index >= 15 is 0 Å². The SMILES string of the molecule is N#C/C(=C/N1CCC(Cc2ccccc2)CC1)C(=O)N1CCCCC1. The molecule has 2 aliphatic rings. The third-order valence-electron chi connectivity index (χ3n) is 5.32. The number of rotatable bonds is 4. The monoisotopic (exact) mass is 337 g/mol. The molecular weight excluding hydrogens is 310 g/mol. The van der Waals surface area contributed by atoms with Crippen LogP contribution in [0.4, 0.5) is 0 Å². The first kappa shape index (κ1) is 17.5. The van der Waals surface area contributed by atoms with Gasteiger partial charge in [0.15, 0.2) is 0 Å². The quantitative estimate of drug-likeness (QED) is 0.625. The molecule has 1 amide bonds. The van der Waals surface area contributed by atoms with Gasteiger partial charge in [-0.3, -0.25) is 4.79 Å². The molecule has 0 spiro atoms. The van der Waals surface area contributed by atoms with E-state index in [1.807, 2.05) is 4.90 Å². The molecule has 0 N–H and O–H groups in total. The topological polar surface area (TPSA) is 47.3 Å². The summed E-state index contributed by atoms with van der Waals surface area (Å²) < 4.78 is 0. The van der Waals surface area contributed by atoms with Gasteiger partial charge in [0.1, 0.15) is 11.6 Å². The first-order valence-corrected chi connectivity index (χ1v) is 9.45. The van der Waals surface area contributed by atoms with E-state index in [9.17, 15) is 10.1 Å². The Morgan fingerprint density at radius 1 is 1.08 bits per heavy atom. The molecule has 0 aromatic heterocycles. The lowest BCUT2D eigenvalue weighted by Gasteiger charge is -2.32. The summed E-state index contributed by atoms with van der Waals surface area (Å²) in [5.74, 6) is 0.601. The van der Waals surface area contributed by atoms with E-state index in [0.717, 1.165) is 58.3 Å². The Balaban J connectivity index is 1.53. The lowest BCUT2D eigenvalue weighted by atomic mass is 9.90. The number of likely N-dealkylation sites (tertiary alicyclic amines) is 2. The van der Waals surface area contributed by atoms with E-state index in [1.165, 1.54) is 12.0 Å². The maximum Gasteiger partial charge on any atom is 0.266 e. The van der Waals surface area contributed by atoms with Gasteiger partial charge in [-0.25, -0.2) is 0 Å². The van der Waals surface area contributed by atoms with Gasteiger partial charge in [0.2, 0.25) is 0 Å². The molecule has 0 saturated carbocycles. The van der Waals surface area contributed by atoms with Crippen LogP contribution >= 0.6 is 0 Å². The number of nitriles is 1. The van der Waals surface area contributed by atoms with Crippen molar-refractivity contribution in [2.24, 2.45) is 5.92 Å². The Hall–Kier alpha value is -2.28. The predicted molar refractivity (Wildman–Crippen MR) is 98.6 cm³/mol. The molecule has 4 nitrogen and oxygen atoms in total. The van der Waals surface area contributed by atoms with Crippen molar-refractivity contribution in [1.29, 1.82) is 5.26 Å². The smallest absolute Gasteiger partial charge is 0.266 e. The van der Waals surface area contributed by atoms with Crippen LogP contribution in [0.3, 0.4) is 0 Å². The Kier molecular flexibility index (Phi) is 6.11. The fourth-order valence-corrected chi connectivity index (χ4v) is 3.82. The highest BCUT2D eigenvalue weighted by molar-refractivity contribution is 5.97. The molecule has 132 valence electrons. The molecule has 25 heavy (non-hydrogen) atoms. The predicted octanol–water partition coefficient (Wildman–Crippen LogP) is 3.36. The second-order valence-electron chi connectivity index (χ2n) is 7.18. The second-order valence-corrected chi connectivity index (χ2v) is 7.18. The summed E-state index contributed by atoms with van der Waals surface area (Å²) in [6.07, 6.45) is 8.44. The molecule has 3 rings (SSSR count). The van der Waals surface area contributed by atoms with E-state index in [2.05, 4.69) is 41.3 Å². The van der Waals surface area contributed by atoms with Crippen LogP contribution in [-0.2, 0) is 11.2 Å². The normalized spacial score (nSPS) is 19.6. The average molecular weight is 337 g/mol. The van der Waals surface area contributed by atoms with Crippen LogP contribution < -0.4 is 0 Å². The summed E-state index contributed by atoms with van der Waals surface area (Å²) in [6, 6.07) is 12.8. The van der Waals surface area contributed by atoms with Crippen LogP contribution in [0.5, 0.6) is 0 Å². The van der Waals surface area contributed by atoms with Crippen LogP contribution in [0.1, 0.15) is 37.7 Å². The maximum atomic E-state index is 12.5. The van der Waals surface area contributed by atoms with Crippen LogP contribution in [0.2, 0.25) is 0 Å². The molecule has 2 aliphatic heterocycles. The standard InChI is InChI=1S/C21H27N3O/c22-16-20(21(25)24-11-5-2-6-12-24)17-23-13-9-19(10-14-23)15-18-7-3-1-4-8-18/h1,3-4,7-8,17,19H,2,5-6,9-15H2/b20-17-. The molecule has 2 fully saturated rings. The summed E-state index contributed by atoms with van der Waals surface area (Å²) in [7, 11) is 0. The molecule has 0 unspecified atom stereocenters. The number of piperidine rings is 2. The van der Waals surface area contributed by atoms with Gasteiger partial charge < -0.3 is 9.80 Å². The van der Waals surface area contributed by atoms with Gasteiger partial charge in [0.25, 0.3) is 5.91 Å². The summed E-state index contributed by atoms with van der Waals surface area (Å²) >= 11 is 0. The first-order chi connectivity index (χ1) is 12.3. The van der Waals surface area contributed by atoms with Gasteiger partial charge in [-0.2, -0.15) is 5.26 Å². The van der Waals surface area contributed by atoms with Gasteiger partial charge in [0.05, 0.1) is 0 Å². The van der Waals surface area contributed by atoms with Crippen molar-refractivity contribution in [1.82, 2.24) is 9.80 Å². The molecular formula is C21H27N3O. The minimum absolute atomic E-state index is 0.0893. The van der Waals surface area contributed by atoms with Crippen molar-refractivity contribution in [3.63, 3.8) is 0 Å². The van der Waals surface area contributed by atoms with Crippen molar-refractivity contribution >= 4 is 5.91 Å². The lowest BCUT2D eigenvalue weighted by molar-refractivity contribution is -0.127. The van der Waals surface area contributed by atoms with Crippen LogP contribution in [0, 0.1) is 17.2 Å². The van der Waals surface area contributed by atoms with Crippen molar-refractivity contribution in [2.45, 2.75) is 38.5 Å². The second kappa shape index (κ2) is 8.71. The van der Waals surface area contributed by atoms with Crippen LogP contribution in [0.15, 0.2) is 42.1 Å². The zero-order valence-electron chi connectivity index (χ0n) is 14.9. The third kappa shape index (κ3) is 4.85. The highest BCUT2D eigenvalue weighted by Gasteiger charge is 2.23. The number of carbonyl (C=O) groups is 1. The molecule has 1 aromatic rings. The highest BCUT2D eigenvalue weighted by Crippen LogP contribution is 2.22. The van der Waals surface area contributed by atoms with Crippen LogP contribution in [0.25, 0.3) is 0 Å². The number of hydrogen-bond donors (Lipinski definition) is 0. The summed E-state index contributed by atoms with van der Waals surface area (Å²) in [5, 5.41) is 9.41. The Morgan fingerprint density at radius 3 is 2.40 bits per heavy atom.